The molecular formula is C24H31N3O2. The highest BCUT2D eigenvalue weighted by molar-refractivity contribution is 6.05. The molecule has 5 nitrogen and oxygen atoms in total. The van der Waals surface area contributed by atoms with Crippen LogP contribution in [0.4, 0.5) is 5.69 Å². The minimum absolute atomic E-state index is 0.0606. The number of anilines is 1. The number of hydrogen-bond acceptors (Lipinski definition) is 3. The summed E-state index contributed by atoms with van der Waals surface area (Å²) in [5, 5.41) is 0. The van der Waals surface area contributed by atoms with Crippen LogP contribution in [-0.2, 0) is 0 Å². The third kappa shape index (κ3) is 5.03. The van der Waals surface area contributed by atoms with Crippen molar-refractivity contribution < 1.29 is 9.59 Å². The molecule has 5 heteroatoms. The van der Waals surface area contributed by atoms with E-state index in [0.29, 0.717) is 11.1 Å². The minimum atomic E-state index is -0.108. The SMILES string of the molecule is CN(C(=O)c1ccncc1)c1ccc(C(=O)N2CCC(C)(C)CC(C)(C)C2)cc1. The molecule has 0 N–H and O–H groups in total. The Hall–Kier alpha value is -2.69. The van der Waals surface area contributed by atoms with Gasteiger partial charge in [0, 0.05) is 49.3 Å². The van der Waals surface area contributed by atoms with E-state index in [1.165, 1.54) is 0 Å². The van der Waals surface area contributed by atoms with Crippen molar-refractivity contribution in [3.05, 3.63) is 59.9 Å². The molecule has 0 radical (unpaired) electrons. The van der Waals surface area contributed by atoms with Crippen molar-refractivity contribution in [3.8, 4) is 0 Å². The Labute approximate surface area is 173 Å². The van der Waals surface area contributed by atoms with Crippen LogP contribution in [0.2, 0.25) is 0 Å². The molecule has 0 unspecified atom stereocenters. The molecule has 0 spiro atoms. The van der Waals surface area contributed by atoms with Crippen molar-refractivity contribution in [3.63, 3.8) is 0 Å². The van der Waals surface area contributed by atoms with E-state index in [1.807, 2.05) is 29.2 Å². The van der Waals surface area contributed by atoms with Crippen molar-refractivity contribution in [1.82, 2.24) is 9.88 Å². The molecule has 0 saturated carbocycles. The predicted octanol–water partition coefficient (Wildman–Crippen LogP) is 4.65. The maximum absolute atomic E-state index is 13.1. The smallest absolute Gasteiger partial charge is 0.258 e. The van der Waals surface area contributed by atoms with Gasteiger partial charge in [0.2, 0.25) is 0 Å². The van der Waals surface area contributed by atoms with Gasteiger partial charge in [-0.3, -0.25) is 14.6 Å². The van der Waals surface area contributed by atoms with Gasteiger partial charge in [-0.2, -0.15) is 0 Å². The van der Waals surface area contributed by atoms with Gasteiger partial charge in [-0.1, -0.05) is 27.7 Å². The first kappa shape index (κ1) is 21.0. The maximum Gasteiger partial charge on any atom is 0.258 e. The Morgan fingerprint density at radius 2 is 1.55 bits per heavy atom. The highest BCUT2D eigenvalue weighted by Gasteiger charge is 2.36. The number of pyridine rings is 1. The molecule has 3 rings (SSSR count). The Morgan fingerprint density at radius 1 is 0.931 bits per heavy atom. The quantitative estimate of drug-likeness (QED) is 0.763. The van der Waals surface area contributed by atoms with Crippen LogP contribution >= 0.6 is 0 Å². The van der Waals surface area contributed by atoms with E-state index in [4.69, 9.17) is 0 Å². The number of aromatic nitrogens is 1. The van der Waals surface area contributed by atoms with Crippen molar-refractivity contribution in [1.29, 1.82) is 0 Å². The zero-order valence-corrected chi connectivity index (χ0v) is 18.1. The first-order chi connectivity index (χ1) is 13.6. The summed E-state index contributed by atoms with van der Waals surface area (Å²) in [6.45, 7) is 10.6. The number of likely N-dealkylation sites (tertiary alicyclic amines) is 1. The second kappa shape index (κ2) is 7.97. The van der Waals surface area contributed by atoms with Crippen molar-refractivity contribution in [2.24, 2.45) is 10.8 Å². The van der Waals surface area contributed by atoms with Gasteiger partial charge in [0.15, 0.2) is 0 Å². The zero-order valence-electron chi connectivity index (χ0n) is 18.1. The fourth-order valence-electron chi connectivity index (χ4n) is 4.46. The van der Waals surface area contributed by atoms with E-state index in [1.54, 1.807) is 36.5 Å². The van der Waals surface area contributed by atoms with Gasteiger partial charge in [0.25, 0.3) is 11.8 Å². The third-order valence-corrected chi connectivity index (χ3v) is 5.66. The Kier molecular flexibility index (Phi) is 5.78. The van der Waals surface area contributed by atoms with Crippen LogP contribution in [0.15, 0.2) is 48.8 Å². The second-order valence-corrected chi connectivity index (χ2v) is 9.63. The summed E-state index contributed by atoms with van der Waals surface area (Å²) in [6, 6.07) is 10.7. The summed E-state index contributed by atoms with van der Waals surface area (Å²) in [5.74, 6) is -0.0478. The van der Waals surface area contributed by atoms with Gasteiger partial charge in [0.05, 0.1) is 0 Å². The molecule has 1 aliphatic heterocycles. The monoisotopic (exact) mass is 393 g/mol. The predicted molar refractivity (Wildman–Crippen MR) is 116 cm³/mol. The number of rotatable bonds is 3. The van der Waals surface area contributed by atoms with Gasteiger partial charge in [-0.25, -0.2) is 0 Å². The lowest BCUT2D eigenvalue weighted by Crippen LogP contribution is -2.37. The van der Waals surface area contributed by atoms with Crippen LogP contribution in [0.1, 0.15) is 61.3 Å². The van der Waals surface area contributed by atoms with Crippen molar-refractivity contribution >= 4 is 17.5 Å². The molecule has 1 saturated heterocycles. The summed E-state index contributed by atoms with van der Waals surface area (Å²) >= 11 is 0. The molecule has 1 fully saturated rings. The van der Waals surface area contributed by atoms with Crippen molar-refractivity contribution in [2.45, 2.75) is 40.5 Å². The van der Waals surface area contributed by atoms with Crippen LogP contribution in [0, 0.1) is 10.8 Å². The van der Waals surface area contributed by atoms with Gasteiger partial charge in [-0.15, -0.1) is 0 Å². The first-order valence-electron chi connectivity index (χ1n) is 10.2. The van der Waals surface area contributed by atoms with E-state index in [9.17, 15) is 9.59 Å². The highest BCUT2D eigenvalue weighted by atomic mass is 16.2. The summed E-state index contributed by atoms with van der Waals surface area (Å²) in [5.41, 5.74) is 2.32. The number of carbonyl (C=O) groups is 2. The summed E-state index contributed by atoms with van der Waals surface area (Å²) in [4.78, 5) is 33.2. The van der Waals surface area contributed by atoms with Gasteiger partial charge in [0.1, 0.15) is 0 Å². The zero-order chi connectivity index (χ0) is 21.2. The van der Waals surface area contributed by atoms with E-state index in [2.05, 4.69) is 32.7 Å². The van der Waals surface area contributed by atoms with Gasteiger partial charge >= 0.3 is 0 Å². The van der Waals surface area contributed by atoms with Crippen LogP contribution in [0.5, 0.6) is 0 Å². The van der Waals surface area contributed by atoms with Crippen LogP contribution < -0.4 is 4.90 Å². The number of hydrogen-bond donors (Lipinski definition) is 0. The minimum Gasteiger partial charge on any atom is -0.338 e. The second-order valence-electron chi connectivity index (χ2n) is 9.63. The fraction of sp³-hybridized carbons (Fsp3) is 0.458. The summed E-state index contributed by atoms with van der Waals surface area (Å²) in [6.07, 6.45) is 5.31. The molecule has 0 aliphatic carbocycles. The fourth-order valence-corrected chi connectivity index (χ4v) is 4.46. The normalized spacial score (nSPS) is 18.0. The summed E-state index contributed by atoms with van der Waals surface area (Å²) in [7, 11) is 1.74. The molecule has 2 amide bonds. The van der Waals surface area contributed by atoms with E-state index >= 15 is 0 Å². The highest BCUT2D eigenvalue weighted by Crippen LogP contribution is 2.40. The largest absolute Gasteiger partial charge is 0.338 e. The lowest BCUT2D eigenvalue weighted by Gasteiger charge is -2.32. The average molecular weight is 394 g/mol. The van der Waals surface area contributed by atoms with E-state index in [-0.39, 0.29) is 22.6 Å². The molecule has 0 bridgehead atoms. The molecule has 0 atom stereocenters. The van der Waals surface area contributed by atoms with Crippen LogP contribution in [-0.4, -0.2) is 41.8 Å². The Morgan fingerprint density at radius 3 is 2.17 bits per heavy atom. The number of carbonyl (C=O) groups excluding carboxylic acids is 2. The molecule has 1 aromatic carbocycles. The number of benzene rings is 1. The molecule has 29 heavy (non-hydrogen) atoms. The van der Waals surface area contributed by atoms with Crippen molar-refractivity contribution in [2.75, 3.05) is 25.0 Å². The van der Waals surface area contributed by atoms with E-state index in [0.717, 1.165) is 31.6 Å². The topological polar surface area (TPSA) is 53.5 Å². The lowest BCUT2D eigenvalue weighted by molar-refractivity contribution is 0.0706. The number of amides is 2. The molecule has 2 aromatic rings. The lowest BCUT2D eigenvalue weighted by atomic mass is 9.75. The first-order valence-corrected chi connectivity index (χ1v) is 10.2. The van der Waals surface area contributed by atoms with Gasteiger partial charge in [-0.05, 0) is 60.1 Å². The molecule has 1 aliphatic rings. The molecule has 154 valence electrons. The maximum atomic E-state index is 13.1. The van der Waals surface area contributed by atoms with Crippen LogP contribution in [0.3, 0.4) is 0 Å². The Bertz CT molecular complexity index is 873. The molecule has 2 heterocycles. The summed E-state index contributed by atoms with van der Waals surface area (Å²) < 4.78 is 0. The number of nitrogens with zero attached hydrogens (tertiary/aromatic N) is 3. The standard InChI is InChI=1S/C24H31N3O2/c1-23(2)12-15-27(17-24(3,4)16-23)22(29)18-6-8-20(9-7-18)26(5)21(28)19-10-13-25-14-11-19/h6-11,13-14H,12,15-17H2,1-5H3. The van der Waals surface area contributed by atoms with Crippen LogP contribution in [0.25, 0.3) is 0 Å². The van der Waals surface area contributed by atoms with Gasteiger partial charge < -0.3 is 9.80 Å². The molecule has 1 aromatic heterocycles. The average Bonchev–Trinajstić information content (AvgIpc) is 2.80. The van der Waals surface area contributed by atoms with E-state index < -0.39 is 0 Å². The Balaban J connectivity index is 1.74. The third-order valence-electron chi connectivity index (χ3n) is 5.66. The molecular weight excluding hydrogens is 362 g/mol.